The molecule has 2 N–H and O–H groups in total. The van der Waals surface area contributed by atoms with Crippen LogP contribution in [-0.2, 0) is 4.74 Å². The third-order valence-corrected chi connectivity index (χ3v) is 2.68. The molecule has 0 bridgehead atoms. The van der Waals surface area contributed by atoms with Gasteiger partial charge in [0.2, 0.25) is 0 Å². The summed E-state index contributed by atoms with van der Waals surface area (Å²) >= 11 is 1.55. The van der Waals surface area contributed by atoms with Gasteiger partial charge in [-0.1, -0.05) is 6.92 Å². The number of thioether (sulfide) groups is 1. The largest absolute Gasteiger partial charge is 0.399 e. The zero-order valence-corrected chi connectivity index (χ0v) is 9.10. The molecule has 4 heteroatoms. The van der Waals surface area contributed by atoms with E-state index in [9.17, 15) is 4.39 Å². The van der Waals surface area contributed by atoms with Gasteiger partial charge in [-0.3, -0.25) is 0 Å². The van der Waals surface area contributed by atoms with Crippen LogP contribution in [0.4, 0.5) is 10.1 Å². The van der Waals surface area contributed by atoms with Gasteiger partial charge in [0.15, 0.2) is 0 Å². The Hall–Kier alpha value is -0.740. The maximum atomic E-state index is 12.9. The van der Waals surface area contributed by atoms with E-state index in [1.54, 1.807) is 24.9 Å². The Bertz CT molecular complexity index is 286. The first-order chi connectivity index (χ1) is 6.61. The van der Waals surface area contributed by atoms with Gasteiger partial charge in [0.25, 0.3) is 0 Å². The van der Waals surface area contributed by atoms with Gasteiger partial charge in [-0.2, -0.15) is 0 Å². The number of anilines is 1. The van der Waals surface area contributed by atoms with Gasteiger partial charge in [-0.25, -0.2) is 4.39 Å². The fourth-order valence-electron chi connectivity index (χ4n) is 1.15. The topological polar surface area (TPSA) is 35.2 Å². The predicted molar refractivity (Wildman–Crippen MR) is 58.0 cm³/mol. The monoisotopic (exact) mass is 215 g/mol. The summed E-state index contributed by atoms with van der Waals surface area (Å²) in [6.07, 6.45) is 0. The summed E-state index contributed by atoms with van der Waals surface area (Å²) in [5, 5.41) is 0.293. The molecule has 0 saturated heterocycles. The molecule has 0 amide bonds. The smallest absolute Gasteiger partial charge is 0.126 e. The highest BCUT2D eigenvalue weighted by molar-refractivity contribution is 8.00. The summed E-state index contributed by atoms with van der Waals surface area (Å²) in [4.78, 5) is 0.840. The van der Waals surface area contributed by atoms with E-state index in [1.165, 1.54) is 12.1 Å². The van der Waals surface area contributed by atoms with Gasteiger partial charge in [0, 0.05) is 22.9 Å². The number of rotatable bonds is 4. The second-order valence-electron chi connectivity index (χ2n) is 3.10. The van der Waals surface area contributed by atoms with E-state index in [0.717, 1.165) is 4.90 Å². The summed E-state index contributed by atoms with van der Waals surface area (Å²) in [6.45, 7) is 2.66. The van der Waals surface area contributed by atoms with Crippen molar-refractivity contribution in [3.63, 3.8) is 0 Å². The number of hydrogen-bond donors (Lipinski definition) is 1. The molecule has 1 atom stereocenters. The number of ether oxygens (including phenoxy) is 1. The van der Waals surface area contributed by atoms with Crippen LogP contribution >= 0.6 is 11.8 Å². The first-order valence-electron chi connectivity index (χ1n) is 4.33. The lowest BCUT2D eigenvalue weighted by molar-refractivity contribution is 0.203. The summed E-state index contributed by atoms with van der Waals surface area (Å²) in [7, 11) is 1.65. The van der Waals surface area contributed by atoms with Crippen molar-refractivity contribution < 1.29 is 9.13 Å². The zero-order valence-electron chi connectivity index (χ0n) is 8.29. The second kappa shape index (κ2) is 5.22. The van der Waals surface area contributed by atoms with Crippen LogP contribution in [0.25, 0.3) is 0 Å². The SMILES string of the molecule is COCC(C)Sc1cc(N)cc(F)c1. The Kier molecular flexibility index (Phi) is 4.22. The van der Waals surface area contributed by atoms with Crippen molar-refractivity contribution in [2.75, 3.05) is 19.5 Å². The van der Waals surface area contributed by atoms with E-state index in [0.29, 0.717) is 17.5 Å². The van der Waals surface area contributed by atoms with Crippen LogP contribution < -0.4 is 5.73 Å². The maximum absolute atomic E-state index is 12.9. The number of halogens is 1. The lowest BCUT2D eigenvalue weighted by Gasteiger charge is -2.10. The molecule has 0 spiro atoms. The molecule has 2 nitrogen and oxygen atoms in total. The Morgan fingerprint density at radius 2 is 2.21 bits per heavy atom. The van der Waals surface area contributed by atoms with Crippen molar-refractivity contribution in [2.45, 2.75) is 17.1 Å². The average Bonchev–Trinajstić information content (AvgIpc) is 2.01. The Balaban J connectivity index is 2.66. The highest BCUT2D eigenvalue weighted by Crippen LogP contribution is 2.26. The molecule has 0 aliphatic heterocycles. The van der Waals surface area contributed by atoms with Gasteiger partial charge in [-0.15, -0.1) is 11.8 Å². The molecular formula is C10H14FNOS. The molecule has 1 rings (SSSR count). The van der Waals surface area contributed by atoms with E-state index >= 15 is 0 Å². The minimum atomic E-state index is -0.294. The van der Waals surface area contributed by atoms with Crippen molar-refractivity contribution in [3.8, 4) is 0 Å². The lowest BCUT2D eigenvalue weighted by Crippen LogP contribution is -2.04. The predicted octanol–water partition coefficient (Wildman–Crippen LogP) is 2.53. The molecule has 0 heterocycles. The van der Waals surface area contributed by atoms with Crippen LogP contribution in [0, 0.1) is 5.82 Å². The van der Waals surface area contributed by atoms with Crippen molar-refractivity contribution in [2.24, 2.45) is 0 Å². The summed E-state index contributed by atoms with van der Waals surface area (Å²) in [6, 6.07) is 4.55. The molecule has 0 aliphatic rings. The quantitative estimate of drug-likeness (QED) is 0.619. The number of nitrogen functional groups attached to an aromatic ring is 1. The Morgan fingerprint density at radius 1 is 1.50 bits per heavy atom. The highest BCUT2D eigenvalue weighted by Gasteiger charge is 2.05. The van der Waals surface area contributed by atoms with E-state index < -0.39 is 0 Å². The van der Waals surface area contributed by atoms with Gasteiger partial charge < -0.3 is 10.5 Å². The minimum Gasteiger partial charge on any atom is -0.399 e. The average molecular weight is 215 g/mol. The highest BCUT2D eigenvalue weighted by atomic mass is 32.2. The van der Waals surface area contributed by atoms with Gasteiger partial charge >= 0.3 is 0 Å². The Labute approximate surface area is 87.6 Å². The molecule has 1 aromatic rings. The Morgan fingerprint density at radius 3 is 2.79 bits per heavy atom. The third kappa shape index (κ3) is 3.55. The maximum Gasteiger partial charge on any atom is 0.126 e. The first-order valence-corrected chi connectivity index (χ1v) is 5.21. The number of hydrogen-bond acceptors (Lipinski definition) is 3. The summed E-state index contributed by atoms with van der Waals surface area (Å²) in [5.74, 6) is -0.294. The van der Waals surface area contributed by atoms with E-state index in [4.69, 9.17) is 10.5 Å². The number of methoxy groups -OCH3 is 1. The van der Waals surface area contributed by atoms with Crippen LogP contribution in [-0.4, -0.2) is 19.0 Å². The van der Waals surface area contributed by atoms with E-state index in [-0.39, 0.29) is 5.82 Å². The molecule has 0 saturated carbocycles. The molecule has 1 unspecified atom stereocenters. The van der Waals surface area contributed by atoms with Crippen molar-refractivity contribution in [1.82, 2.24) is 0 Å². The molecule has 0 fully saturated rings. The minimum absolute atomic E-state index is 0.293. The molecule has 0 aliphatic carbocycles. The fourth-order valence-corrected chi connectivity index (χ4v) is 2.21. The third-order valence-electron chi connectivity index (χ3n) is 1.63. The summed E-state index contributed by atoms with van der Waals surface area (Å²) in [5.41, 5.74) is 5.98. The van der Waals surface area contributed by atoms with E-state index in [2.05, 4.69) is 0 Å². The van der Waals surface area contributed by atoms with Crippen LogP contribution in [0.15, 0.2) is 23.1 Å². The molecule has 78 valence electrons. The molecule has 1 aromatic carbocycles. The van der Waals surface area contributed by atoms with Crippen LogP contribution in [0.5, 0.6) is 0 Å². The summed E-state index contributed by atoms with van der Waals surface area (Å²) < 4.78 is 17.9. The molecule has 14 heavy (non-hydrogen) atoms. The number of benzene rings is 1. The van der Waals surface area contributed by atoms with Crippen molar-refractivity contribution in [1.29, 1.82) is 0 Å². The fraction of sp³-hybridized carbons (Fsp3) is 0.400. The molecule has 0 radical (unpaired) electrons. The van der Waals surface area contributed by atoms with E-state index in [1.807, 2.05) is 6.92 Å². The van der Waals surface area contributed by atoms with Crippen molar-refractivity contribution in [3.05, 3.63) is 24.0 Å². The first kappa shape index (κ1) is 11.3. The van der Waals surface area contributed by atoms with Crippen LogP contribution in [0.1, 0.15) is 6.92 Å². The van der Waals surface area contributed by atoms with Gasteiger partial charge in [-0.05, 0) is 18.2 Å². The number of nitrogens with two attached hydrogens (primary N) is 1. The second-order valence-corrected chi connectivity index (χ2v) is 4.62. The van der Waals surface area contributed by atoms with Crippen molar-refractivity contribution >= 4 is 17.4 Å². The lowest BCUT2D eigenvalue weighted by atomic mass is 10.3. The normalized spacial score (nSPS) is 12.8. The van der Waals surface area contributed by atoms with Crippen LogP contribution in [0.3, 0.4) is 0 Å². The standard InChI is InChI=1S/C10H14FNOS/c1-7(6-13-2)14-10-4-8(11)3-9(12)5-10/h3-5,7H,6,12H2,1-2H3. The molecule has 0 aromatic heterocycles. The zero-order chi connectivity index (χ0) is 10.6. The molecular weight excluding hydrogens is 201 g/mol. The van der Waals surface area contributed by atoms with Gasteiger partial charge in [0.1, 0.15) is 5.82 Å². The van der Waals surface area contributed by atoms with Crippen LogP contribution in [0.2, 0.25) is 0 Å². The van der Waals surface area contributed by atoms with Gasteiger partial charge in [0.05, 0.1) is 6.61 Å².